The average molecular weight is 321 g/mol. The first-order valence-electron chi connectivity index (χ1n) is 7.86. The predicted octanol–water partition coefficient (Wildman–Crippen LogP) is 1.57. The molecule has 1 heterocycles. The lowest BCUT2D eigenvalue weighted by Crippen LogP contribution is -2.59. The summed E-state index contributed by atoms with van der Waals surface area (Å²) in [6, 6.07) is 0.478. The van der Waals surface area contributed by atoms with Crippen LogP contribution in [0.25, 0.3) is 0 Å². The van der Waals surface area contributed by atoms with Crippen molar-refractivity contribution in [2.24, 2.45) is 5.92 Å². The van der Waals surface area contributed by atoms with Crippen LogP contribution in [0.5, 0.6) is 0 Å². The summed E-state index contributed by atoms with van der Waals surface area (Å²) in [4.78, 5) is 2.30. The third-order valence-electron chi connectivity index (χ3n) is 4.58. The van der Waals surface area contributed by atoms with Crippen molar-refractivity contribution in [3.05, 3.63) is 0 Å². The molecule has 1 saturated carbocycles. The number of hydrogen-bond acceptors (Lipinski definition) is 5. The van der Waals surface area contributed by atoms with Crippen molar-refractivity contribution in [3.8, 4) is 0 Å². The summed E-state index contributed by atoms with van der Waals surface area (Å²) in [6.07, 6.45) is 3.56. The Morgan fingerprint density at radius 3 is 2.70 bits per heavy atom. The first-order valence-corrected chi connectivity index (χ1v) is 10.7. The van der Waals surface area contributed by atoms with Gasteiger partial charge >= 0.3 is 0 Å². The molecule has 0 spiro atoms. The highest BCUT2D eigenvalue weighted by Crippen LogP contribution is 2.36. The second-order valence-corrected chi connectivity index (χ2v) is 9.42. The fourth-order valence-electron chi connectivity index (χ4n) is 3.17. The number of hydrogen-bond donors (Lipinski definition) is 1. The van der Waals surface area contributed by atoms with Gasteiger partial charge < -0.3 is 5.32 Å². The Balaban J connectivity index is 1.98. The largest absolute Gasteiger partial charge is 0.316 e. The molecule has 0 aromatic heterocycles. The van der Waals surface area contributed by atoms with Crippen molar-refractivity contribution in [1.82, 2.24) is 10.2 Å². The minimum atomic E-state index is -2.96. The highest BCUT2D eigenvalue weighted by molar-refractivity contribution is 8.01. The van der Waals surface area contributed by atoms with Crippen LogP contribution in [0.2, 0.25) is 0 Å². The zero-order valence-corrected chi connectivity index (χ0v) is 14.3. The molecule has 0 bridgehead atoms. The summed E-state index contributed by atoms with van der Waals surface area (Å²) >= 11 is 1.79. The van der Waals surface area contributed by atoms with Crippen LogP contribution < -0.4 is 5.32 Å². The molecule has 118 valence electrons. The van der Waals surface area contributed by atoms with E-state index in [9.17, 15) is 8.42 Å². The molecule has 0 amide bonds. The van der Waals surface area contributed by atoms with Gasteiger partial charge in [0.1, 0.15) is 5.37 Å². The second-order valence-electron chi connectivity index (χ2n) is 5.83. The Labute approximate surface area is 128 Å². The maximum absolute atomic E-state index is 12.3. The van der Waals surface area contributed by atoms with Gasteiger partial charge in [-0.25, -0.2) is 8.42 Å². The van der Waals surface area contributed by atoms with Crippen LogP contribution in [0.4, 0.5) is 0 Å². The first kappa shape index (κ1) is 16.6. The van der Waals surface area contributed by atoms with Crippen molar-refractivity contribution < 1.29 is 8.42 Å². The summed E-state index contributed by atoms with van der Waals surface area (Å²) in [7, 11) is -2.96. The Hall–Kier alpha value is 0.220. The number of rotatable bonds is 7. The van der Waals surface area contributed by atoms with Gasteiger partial charge in [0.05, 0.1) is 0 Å². The summed E-state index contributed by atoms with van der Waals surface area (Å²) in [5.74, 6) is 2.72. The summed E-state index contributed by atoms with van der Waals surface area (Å²) < 4.78 is 24.6. The van der Waals surface area contributed by atoms with Crippen molar-refractivity contribution in [1.29, 1.82) is 0 Å². The molecule has 1 aliphatic carbocycles. The minimum Gasteiger partial charge on any atom is -0.316 e. The molecule has 20 heavy (non-hydrogen) atoms. The predicted molar refractivity (Wildman–Crippen MR) is 87.0 cm³/mol. The van der Waals surface area contributed by atoms with Crippen LogP contribution in [0.3, 0.4) is 0 Å². The van der Waals surface area contributed by atoms with Crippen LogP contribution in [-0.2, 0) is 9.84 Å². The van der Waals surface area contributed by atoms with Gasteiger partial charge in [0, 0.05) is 29.8 Å². The lowest BCUT2D eigenvalue weighted by Gasteiger charge is -2.49. The topological polar surface area (TPSA) is 49.4 Å². The van der Waals surface area contributed by atoms with Gasteiger partial charge in [0.2, 0.25) is 0 Å². The summed E-state index contributed by atoms with van der Waals surface area (Å²) in [5, 5.41) is 3.25. The summed E-state index contributed by atoms with van der Waals surface area (Å²) in [6.45, 7) is 6.99. The zero-order chi connectivity index (χ0) is 14.6. The van der Waals surface area contributed by atoms with Gasteiger partial charge in [-0.15, -0.1) is 0 Å². The molecule has 2 rings (SSSR count). The van der Waals surface area contributed by atoms with E-state index < -0.39 is 9.84 Å². The molecule has 1 N–H and O–H groups in total. The molecule has 3 atom stereocenters. The van der Waals surface area contributed by atoms with Gasteiger partial charge in [0.15, 0.2) is 9.84 Å². The van der Waals surface area contributed by atoms with Gasteiger partial charge in [-0.2, -0.15) is 11.8 Å². The number of nitrogens with one attached hydrogen (secondary N) is 1. The lowest BCUT2D eigenvalue weighted by atomic mass is 9.78. The van der Waals surface area contributed by atoms with Gasteiger partial charge in [-0.3, -0.25) is 4.90 Å². The van der Waals surface area contributed by atoms with E-state index in [4.69, 9.17) is 0 Å². The maximum atomic E-state index is 12.3. The Kier molecular flexibility index (Phi) is 6.20. The van der Waals surface area contributed by atoms with Gasteiger partial charge in [-0.1, -0.05) is 13.8 Å². The smallest absolute Gasteiger partial charge is 0.166 e. The number of sulfone groups is 1. The fourth-order valence-corrected chi connectivity index (χ4v) is 6.24. The molecule has 1 aliphatic heterocycles. The van der Waals surface area contributed by atoms with E-state index in [1.165, 1.54) is 12.8 Å². The van der Waals surface area contributed by atoms with E-state index in [1.54, 1.807) is 18.7 Å². The van der Waals surface area contributed by atoms with Crippen LogP contribution in [0.15, 0.2) is 0 Å². The van der Waals surface area contributed by atoms with Crippen LogP contribution in [0, 0.1) is 5.92 Å². The average Bonchev–Trinajstić information content (AvgIpc) is 2.43. The number of nitrogens with zero attached hydrogens (tertiary/aromatic N) is 1. The second kappa shape index (κ2) is 7.47. The molecule has 6 heteroatoms. The van der Waals surface area contributed by atoms with E-state index in [0.29, 0.717) is 12.0 Å². The van der Waals surface area contributed by atoms with E-state index in [0.717, 1.165) is 37.6 Å². The molecule has 2 fully saturated rings. The van der Waals surface area contributed by atoms with Crippen molar-refractivity contribution in [2.75, 3.05) is 36.9 Å². The van der Waals surface area contributed by atoms with Crippen molar-refractivity contribution >= 4 is 21.6 Å². The molecular formula is C14H28N2O2S2. The van der Waals surface area contributed by atoms with Crippen molar-refractivity contribution in [3.63, 3.8) is 0 Å². The van der Waals surface area contributed by atoms with Gasteiger partial charge in [-0.05, 0) is 38.3 Å². The molecule has 2 aliphatic rings. The lowest BCUT2D eigenvalue weighted by molar-refractivity contribution is 0.0586. The van der Waals surface area contributed by atoms with Gasteiger partial charge in [0.25, 0.3) is 0 Å². The third-order valence-corrected chi connectivity index (χ3v) is 7.88. The Morgan fingerprint density at radius 1 is 1.30 bits per heavy atom. The minimum absolute atomic E-state index is 0.245. The van der Waals surface area contributed by atoms with Crippen molar-refractivity contribution in [2.45, 2.75) is 44.5 Å². The summed E-state index contributed by atoms with van der Waals surface area (Å²) in [5.41, 5.74) is 0. The van der Waals surface area contributed by atoms with Crippen LogP contribution in [-0.4, -0.2) is 61.6 Å². The molecule has 0 aromatic rings. The first-order chi connectivity index (χ1) is 9.60. The molecule has 0 radical (unpaired) electrons. The number of thioether (sulfide) groups is 1. The van der Waals surface area contributed by atoms with Crippen LogP contribution >= 0.6 is 11.8 Å². The van der Waals surface area contributed by atoms with E-state index in [-0.39, 0.29) is 11.1 Å². The standard InChI is InChI=1S/C14H28N2O2S2/c1-3-7-15-10-12-5-6-13(12)16-8-9-19-11-14(16)20(17,18)4-2/h12-15H,3-11H2,1-2H3. The van der Waals surface area contributed by atoms with Crippen LogP contribution in [0.1, 0.15) is 33.1 Å². The molecule has 3 unspecified atom stereocenters. The maximum Gasteiger partial charge on any atom is 0.166 e. The normalized spacial score (nSPS) is 32.0. The molecule has 0 aromatic carbocycles. The highest BCUT2D eigenvalue weighted by atomic mass is 32.2. The SMILES string of the molecule is CCCNCC1CCC1N1CCSCC1S(=O)(=O)CC. The highest BCUT2D eigenvalue weighted by Gasteiger charge is 2.43. The van der Waals surface area contributed by atoms with E-state index in [2.05, 4.69) is 17.1 Å². The molecule has 4 nitrogen and oxygen atoms in total. The Bertz CT molecular complexity index is 400. The monoisotopic (exact) mass is 320 g/mol. The molecule has 1 saturated heterocycles. The zero-order valence-electron chi connectivity index (χ0n) is 12.7. The van der Waals surface area contributed by atoms with E-state index in [1.807, 2.05) is 0 Å². The molecular weight excluding hydrogens is 292 g/mol. The fraction of sp³-hybridized carbons (Fsp3) is 1.00. The Morgan fingerprint density at radius 2 is 2.10 bits per heavy atom. The quantitative estimate of drug-likeness (QED) is 0.722. The van der Waals surface area contributed by atoms with E-state index >= 15 is 0 Å². The third kappa shape index (κ3) is 3.70.